The molecule has 9 rings (SSSR count). The van der Waals surface area contributed by atoms with E-state index in [1.165, 1.54) is 19.8 Å². The summed E-state index contributed by atoms with van der Waals surface area (Å²) in [6, 6.07) is 14.9. The van der Waals surface area contributed by atoms with Crippen LogP contribution in [-0.4, -0.2) is 84.8 Å². The van der Waals surface area contributed by atoms with Crippen LogP contribution in [0.3, 0.4) is 0 Å². The Bertz CT molecular complexity index is 2950. The molecule has 1 aliphatic carbocycles. The van der Waals surface area contributed by atoms with E-state index in [0.29, 0.717) is 48.6 Å². The number of halogens is 1. The maximum absolute atomic E-state index is 13.7. The Morgan fingerprint density at radius 2 is 1.84 bits per heavy atom. The molecule has 3 amide bonds. The number of unbranched alkanes of at least 4 members (excludes halogenated alkanes) is 1. The van der Waals surface area contributed by atoms with Gasteiger partial charge in [-0.3, -0.25) is 42.9 Å². The summed E-state index contributed by atoms with van der Waals surface area (Å²) in [4.78, 5) is 72.6. The zero-order valence-electron chi connectivity index (χ0n) is 33.7. The maximum Gasteiger partial charge on any atom is 0.329 e. The van der Waals surface area contributed by atoms with E-state index in [-0.39, 0.29) is 53.6 Å². The lowest BCUT2D eigenvalue weighted by atomic mass is 10.0. The molecule has 7 aromatic rings. The van der Waals surface area contributed by atoms with Gasteiger partial charge in [0.2, 0.25) is 11.8 Å². The van der Waals surface area contributed by atoms with Crippen molar-refractivity contribution in [2.45, 2.75) is 76.2 Å². The number of nitrogens with one attached hydrogen (secondary N) is 4. The van der Waals surface area contributed by atoms with Crippen LogP contribution < -0.4 is 32.5 Å². The first-order valence-electron chi connectivity index (χ1n) is 20.5. The molecular weight excluding hydrogens is 800 g/mol. The molecule has 1 aromatic carbocycles. The van der Waals surface area contributed by atoms with Gasteiger partial charge >= 0.3 is 5.69 Å². The molecule has 1 aliphatic heterocycles. The molecule has 318 valence electrons. The Morgan fingerprint density at radius 3 is 2.65 bits per heavy atom. The summed E-state index contributed by atoms with van der Waals surface area (Å²) in [5.41, 5.74) is 3.96. The van der Waals surface area contributed by atoms with Crippen molar-refractivity contribution in [2.75, 3.05) is 17.2 Å². The standard InChI is InChI=1S/C42H43FN14O5/c1-53-33-20-25(12-13-31(33)56(42(53)62)32-14-15-37(58)49-39(32)59)8-3-5-18-54-24-26(50-52-54)9-6-17-44-30-22-35(47-28-10-7-19-55(41(28)61)36-11-2-4-16-45-36)51-57-34(23-46-38(30)57)40(60)48-29-21-27(29)43/h2,4,7,10-13,16,19-20,22-24,27,29,32,44H,3,5-6,8-9,14-15,17-18,21H2,1H3,(H,47,51)(H,48,60)(H,49,58,59)/t27-,29+,32?/m0/s1. The second-order valence-electron chi connectivity index (χ2n) is 15.5. The highest BCUT2D eigenvalue weighted by Crippen LogP contribution is 2.27. The molecule has 1 saturated carbocycles. The third kappa shape index (κ3) is 8.17. The van der Waals surface area contributed by atoms with Gasteiger partial charge in [-0.05, 0) is 80.5 Å². The number of carbonyl (C=O) groups excluding carboxylic acids is 3. The number of hydrogen-bond acceptors (Lipinski definition) is 12. The van der Waals surface area contributed by atoms with E-state index >= 15 is 0 Å². The average molecular weight is 843 g/mol. The van der Waals surface area contributed by atoms with Crippen molar-refractivity contribution in [3.05, 3.63) is 117 Å². The molecule has 2 fully saturated rings. The Hall–Kier alpha value is -7.51. The highest BCUT2D eigenvalue weighted by Gasteiger charge is 2.39. The lowest BCUT2D eigenvalue weighted by Crippen LogP contribution is -2.44. The van der Waals surface area contributed by atoms with Crippen LogP contribution >= 0.6 is 0 Å². The van der Waals surface area contributed by atoms with Crippen LogP contribution in [0.4, 0.5) is 21.6 Å². The molecule has 19 nitrogen and oxygen atoms in total. The normalized spacial score (nSPS) is 17.4. The van der Waals surface area contributed by atoms with Crippen LogP contribution in [0.25, 0.3) is 22.5 Å². The van der Waals surface area contributed by atoms with E-state index in [2.05, 4.69) is 46.6 Å². The third-order valence-corrected chi connectivity index (χ3v) is 11.1. The predicted octanol–water partition coefficient (Wildman–Crippen LogP) is 3.15. The van der Waals surface area contributed by atoms with Gasteiger partial charge < -0.3 is 16.0 Å². The van der Waals surface area contributed by atoms with Crippen LogP contribution in [0.1, 0.15) is 66.3 Å². The van der Waals surface area contributed by atoms with Gasteiger partial charge in [0.1, 0.15) is 23.7 Å². The molecule has 7 heterocycles. The van der Waals surface area contributed by atoms with E-state index in [0.717, 1.165) is 36.0 Å². The molecule has 2 aliphatic rings. The maximum atomic E-state index is 13.7. The number of imidazole rings is 2. The smallest absolute Gasteiger partial charge is 0.329 e. The van der Waals surface area contributed by atoms with E-state index in [1.807, 2.05) is 29.1 Å². The molecule has 6 aromatic heterocycles. The predicted molar refractivity (Wildman–Crippen MR) is 225 cm³/mol. The summed E-state index contributed by atoms with van der Waals surface area (Å²) in [6.45, 7) is 1.19. The second kappa shape index (κ2) is 16.9. The average Bonchev–Trinajstić information content (AvgIpc) is 3.55. The zero-order chi connectivity index (χ0) is 42.9. The molecule has 20 heteroatoms. The number of anilines is 3. The zero-order valence-corrected chi connectivity index (χ0v) is 33.7. The number of alkyl halides is 1. The summed E-state index contributed by atoms with van der Waals surface area (Å²) in [5.74, 6) is -0.559. The monoisotopic (exact) mass is 842 g/mol. The number of aromatic nitrogens is 10. The van der Waals surface area contributed by atoms with E-state index in [1.54, 1.807) is 60.4 Å². The molecule has 0 radical (unpaired) electrons. The number of benzene rings is 1. The van der Waals surface area contributed by atoms with Gasteiger partial charge in [-0.2, -0.15) is 0 Å². The number of carbonyl (C=O) groups is 3. The highest BCUT2D eigenvalue weighted by molar-refractivity contribution is 6.00. The lowest BCUT2D eigenvalue weighted by Gasteiger charge is -2.21. The quantitative estimate of drug-likeness (QED) is 0.0814. The van der Waals surface area contributed by atoms with Gasteiger partial charge in [-0.1, -0.05) is 17.3 Å². The van der Waals surface area contributed by atoms with Crippen molar-refractivity contribution in [1.29, 1.82) is 0 Å². The van der Waals surface area contributed by atoms with Crippen molar-refractivity contribution in [3.63, 3.8) is 0 Å². The number of nitrogens with zero attached hydrogens (tertiary/aromatic N) is 10. The van der Waals surface area contributed by atoms with Gasteiger partial charge in [0, 0.05) is 57.6 Å². The van der Waals surface area contributed by atoms with Gasteiger partial charge in [0.15, 0.2) is 17.2 Å². The molecule has 4 N–H and O–H groups in total. The summed E-state index contributed by atoms with van der Waals surface area (Å²) in [5, 5.41) is 24.8. The third-order valence-electron chi connectivity index (χ3n) is 11.1. The van der Waals surface area contributed by atoms with Crippen molar-refractivity contribution in [3.8, 4) is 5.82 Å². The minimum atomic E-state index is -1.08. The number of aryl methyl sites for hydroxylation is 4. The van der Waals surface area contributed by atoms with Gasteiger partial charge in [-0.25, -0.2) is 23.7 Å². The number of hydrogen-bond donors (Lipinski definition) is 4. The van der Waals surface area contributed by atoms with Gasteiger partial charge in [0.05, 0.1) is 34.7 Å². The van der Waals surface area contributed by atoms with Crippen LogP contribution in [0.15, 0.2) is 89.0 Å². The topological polar surface area (TPSA) is 222 Å². The summed E-state index contributed by atoms with van der Waals surface area (Å²) < 4.78 is 21.3. The minimum Gasteiger partial charge on any atom is -0.382 e. The molecule has 62 heavy (non-hydrogen) atoms. The fourth-order valence-corrected chi connectivity index (χ4v) is 7.73. The van der Waals surface area contributed by atoms with Gasteiger partial charge in [-0.15, -0.1) is 10.2 Å². The van der Waals surface area contributed by atoms with Crippen molar-refractivity contribution in [1.82, 2.24) is 58.9 Å². The van der Waals surface area contributed by atoms with E-state index < -0.39 is 30.1 Å². The first kappa shape index (κ1) is 39.9. The number of imide groups is 1. The highest BCUT2D eigenvalue weighted by atomic mass is 19.1. The van der Waals surface area contributed by atoms with Gasteiger partial charge in [0.25, 0.3) is 11.5 Å². The minimum absolute atomic E-state index is 0.121. The van der Waals surface area contributed by atoms with Crippen LogP contribution in [0, 0.1) is 0 Å². The van der Waals surface area contributed by atoms with Crippen LogP contribution in [0.2, 0.25) is 0 Å². The Kier molecular flexibility index (Phi) is 10.9. The lowest BCUT2D eigenvalue weighted by molar-refractivity contribution is -0.135. The molecule has 3 atom stereocenters. The van der Waals surface area contributed by atoms with Crippen molar-refractivity contribution in [2.24, 2.45) is 7.05 Å². The number of rotatable bonds is 16. The molecule has 1 saturated heterocycles. The molecule has 0 spiro atoms. The van der Waals surface area contributed by atoms with Crippen molar-refractivity contribution < 1.29 is 18.8 Å². The Morgan fingerprint density at radius 1 is 0.968 bits per heavy atom. The largest absolute Gasteiger partial charge is 0.382 e. The van der Waals surface area contributed by atoms with E-state index in [4.69, 9.17) is 0 Å². The molecule has 0 bridgehead atoms. The fourth-order valence-electron chi connectivity index (χ4n) is 7.73. The first-order chi connectivity index (χ1) is 30.1. The number of fused-ring (bicyclic) bond motifs is 2. The number of pyridine rings is 2. The SMILES string of the molecule is Cn1c(=O)n(C2CCC(=O)NC2=O)c2ccc(CCCCn3cc(CCCNc4cc(Nc5cccn(-c6ccccn6)c5=O)nn5c(C(=O)N[C@@H]6C[C@@H]6F)cnc45)nn3)cc21. The van der Waals surface area contributed by atoms with E-state index in [9.17, 15) is 28.4 Å². The second-order valence-corrected chi connectivity index (χ2v) is 15.5. The molecule has 1 unspecified atom stereocenters. The number of amides is 3. The first-order valence-corrected chi connectivity index (χ1v) is 20.5. The van der Waals surface area contributed by atoms with Crippen molar-refractivity contribution >= 4 is 51.6 Å². The Balaban J connectivity index is 0.814. The summed E-state index contributed by atoms with van der Waals surface area (Å²) in [6.07, 6.45) is 10.1. The van der Waals surface area contributed by atoms with Crippen LogP contribution in [-0.2, 0) is 36.0 Å². The Labute approximate surface area is 352 Å². The molecular formula is C42H43FN14O5. The summed E-state index contributed by atoms with van der Waals surface area (Å²) >= 11 is 0. The summed E-state index contributed by atoms with van der Waals surface area (Å²) in [7, 11) is 1.69. The number of piperidine rings is 1. The van der Waals surface area contributed by atoms with Crippen LogP contribution in [0.5, 0.6) is 0 Å². The fraction of sp³-hybridized carbons (Fsp3) is 0.333.